The van der Waals surface area contributed by atoms with Gasteiger partial charge in [0.15, 0.2) is 6.17 Å². The molecule has 2 aromatic carbocycles. The van der Waals surface area contributed by atoms with E-state index < -0.39 is 18.5 Å². The first-order valence-electron chi connectivity index (χ1n) is 12.7. The topological polar surface area (TPSA) is 0 Å². The molecule has 0 nitrogen and oxygen atoms in total. The van der Waals surface area contributed by atoms with Crippen molar-refractivity contribution in [2.24, 2.45) is 5.92 Å². The Kier molecular flexibility index (Phi) is 9.25. The van der Waals surface area contributed by atoms with Crippen molar-refractivity contribution in [2.45, 2.75) is 102 Å². The van der Waals surface area contributed by atoms with Gasteiger partial charge in [-0.3, -0.25) is 0 Å². The average Bonchev–Trinajstić information content (AvgIpc) is 2.82. The van der Waals surface area contributed by atoms with Crippen LogP contribution in [-0.4, -0.2) is 5.92 Å². The van der Waals surface area contributed by atoms with Crippen molar-refractivity contribution in [3.8, 4) is 11.1 Å². The van der Waals surface area contributed by atoms with Gasteiger partial charge in [0.1, 0.15) is 0 Å². The fraction of sp³-hybridized carbons (Fsp3) is 0.586. The smallest absolute Gasteiger partial charge is 0.236 e. The number of rotatable bonds is 11. The Hall–Kier alpha value is -1.77. The molecule has 0 saturated heterocycles. The van der Waals surface area contributed by atoms with E-state index in [1.807, 2.05) is 0 Å². The summed E-state index contributed by atoms with van der Waals surface area (Å²) >= 11 is 0. The van der Waals surface area contributed by atoms with E-state index in [9.17, 15) is 13.2 Å². The van der Waals surface area contributed by atoms with Gasteiger partial charge < -0.3 is 0 Å². The van der Waals surface area contributed by atoms with Crippen LogP contribution in [0.1, 0.15) is 108 Å². The highest BCUT2D eigenvalue weighted by Crippen LogP contribution is 2.40. The first-order chi connectivity index (χ1) is 15.4. The van der Waals surface area contributed by atoms with Gasteiger partial charge in [0.05, 0.1) is 0 Å². The van der Waals surface area contributed by atoms with Crippen molar-refractivity contribution >= 4 is 0 Å². The lowest BCUT2D eigenvalue weighted by Gasteiger charge is -2.29. The van der Waals surface area contributed by atoms with E-state index in [0.29, 0.717) is 5.92 Å². The molecule has 1 unspecified atom stereocenters. The predicted molar refractivity (Wildman–Crippen MR) is 129 cm³/mol. The van der Waals surface area contributed by atoms with E-state index in [1.165, 1.54) is 75.5 Å². The number of benzene rings is 2. The summed E-state index contributed by atoms with van der Waals surface area (Å²) in [5, 5.41) is 0. The Morgan fingerprint density at radius 2 is 1.38 bits per heavy atom. The zero-order valence-electron chi connectivity index (χ0n) is 19.8. The van der Waals surface area contributed by atoms with E-state index in [2.05, 4.69) is 31.2 Å². The molecule has 0 aromatic heterocycles. The molecule has 176 valence electrons. The molecule has 0 heterocycles. The average molecular weight is 445 g/mol. The second-order valence-corrected chi connectivity index (χ2v) is 9.68. The summed E-state index contributed by atoms with van der Waals surface area (Å²) in [5.74, 6) is -1.76. The predicted octanol–water partition coefficient (Wildman–Crippen LogP) is 10.0. The summed E-state index contributed by atoms with van der Waals surface area (Å²) < 4.78 is 42.1. The third kappa shape index (κ3) is 6.62. The van der Waals surface area contributed by atoms with Crippen molar-refractivity contribution in [3.05, 3.63) is 59.7 Å². The second-order valence-electron chi connectivity index (χ2n) is 9.68. The van der Waals surface area contributed by atoms with Crippen molar-refractivity contribution in [1.82, 2.24) is 0 Å². The molecule has 0 aliphatic heterocycles. The molecule has 32 heavy (non-hydrogen) atoms. The molecule has 1 aliphatic carbocycles. The molecule has 0 radical (unpaired) electrons. The van der Waals surface area contributed by atoms with Gasteiger partial charge in [-0.25, -0.2) is 13.2 Å². The summed E-state index contributed by atoms with van der Waals surface area (Å²) in [6.45, 7) is 3.91. The van der Waals surface area contributed by atoms with Gasteiger partial charge in [-0.15, -0.1) is 0 Å². The number of alkyl halides is 3. The fourth-order valence-corrected chi connectivity index (χ4v) is 5.14. The van der Waals surface area contributed by atoms with Gasteiger partial charge >= 0.3 is 0 Å². The van der Waals surface area contributed by atoms with Gasteiger partial charge in [-0.1, -0.05) is 101 Å². The summed E-state index contributed by atoms with van der Waals surface area (Å²) in [5.41, 5.74) is 3.43. The first kappa shape index (κ1) is 24.9. The maximum absolute atomic E-state index is 14.3. The maximum atomic E-state index is 14.3. The van der Waals surface area contributed by atoms with Crippen LogP contribution in [0.3, 0.4) is 0 Å². The maximum Gasteiger partial charge on any atom is 0.282 e. The Balaban J connectivity index is 1.55. The lowest BCUT2D eigenvalue weighted by Crippen LogP contribution is -2.22. The van der Waals surface area contributed by atoms with Crippen LogP contribution in [0.15, 0.2) is 48.5 Å². The normalized spacial score (nSPS) is 20.3. The Morgan fingerprint density at radius 1 is 0.781 bits per heavy atom. The molecule has 2 aromatic rings. The first-order valence-corrected chi connectivity index (χ1v) is 12.7. The molecule has 0 bridgehead atoms. The van der Waals surface area contributed by atoms with E-state index in [4.69, 9.17) is 0 Å². The fourth-order valence-electron chi connectivity index (χ4n) is 5.14. The molecule has 0 amide bonds. The molecule has 1 aliphatic rings. The number of hydrogen-bond acceptors (Lipinski definition) is 0. The van der Waals surface area contributed by atoms with Crippen LogP contribution in [0.2, 0.25) is 0 Å². The molecule has 3 heteroatoms. The Bertz CT molecular complexity index is 786. The van der Waals surface area contributed by atoms with Crippen LogP contribution in [0.4, 0.5) is 13.2 Å². The van der Waals surface area contributed by atoms with Crippen LogP contribution in [0.5, 0.6) is 0 Å². The minimum absolute atomic E-state index is 0.0512. The number of unbranched alkanes of at least 4 members (excludes halogenated alkanes) is 3. The quantitative estimate of drug-likeness (QED) is 0.302. The zero-order chi connectivity index (χ0) is 23.0. The highest BCUT2D eigenvalue weighted by atomic mass is 19.3. The molecule has 0 spiro atoms. The van der Waals surface area contributed by atoms with E-state index in [-0.39, 0.29) is 12.0 Å². The highest BCUT2D eigenvalue weighted by molar-refractivity contribution is 5.64. The van der Waals surface area contributed by atoms with Crippen molar-refractivity contribution in [3.63, 3.8) is 0 Å². The standard InChI is InChI=1S/C29H39F3/c1-3-5-6-7-8-22-9-11-23(12-10-22)24-13-15-25(16-14-24)26-17-19-27(20-18-26)28(30)29(31,32)21-4-2/h13-20,22-23,28H,3-12,21H2,1-2H3. The lowest BCUT2D eigenvalue weighted by atomic mass is 9.77. The van der Waals surface area contributed by atoms with E-state index in [1.54, 1.807) is 19.1 Å². The van der Waals surface area contributed by atoms with Crippen LogP contribution in [0, 0.1) is 5.92 Å². The molecule has 1 saturated carbocycles. The van der Waals surface area contributed by atoms with Crippen LogP contribution >= 0.6 is 0 Å². The molecule has 1 fully saturated rings. The third-order valence-electron chi connectivity index (χ3n) is 7.19. The molecule has 1 atom stereocenters. The van der Waals surface area contributed by atoms with Gasteiger partial charge in [-0.2, -0.15) is 0 Å². The Labute approximate surface area is 192 Å². The van der Waals surface area contributed by atoms with Gasteiger partial charge in [0.2, 0.25) is 0 Å². The molecular weight excluding hydrogens is 405 g/mol. The van der Waals surface area contributed by atoms with Gasteiger partial charge in [-0.05, 0) is 59.8 Å². The van der Waals surface area contributed by atoms with Crippen molar-refractivity contribution in [2.75, 3.05) is 0 Å². The summed E-state index contributed by atoms with van der Waals surface area (Å²) in [6, 6.07) is 15.1. The Morgan fingerprint density at radius 3 is 1.94 bits per heavy atom. The van der Waals surface area contributed by atoms with Crippen LogP contribution in [-0.2, 0) is 0 Å². The van der Waals surface area contributed by atoms with Gasteiger partial charge in [0.25, 0.3) is 5.92 Å². The number of hydrogen-bond donors (Lipinski definition) is 0. The van der Waals surface area contributed by atoms with Gasteiger partial charge in [0, 0.05) is 6.42 Å². The number of halogens is 3. The molecule has 0 N–H and O–H groups in total. The summed E-state index contributed by atoms with van der Waals surface area (Å²) in [6.07, 6.45) is 9.64. The zero-order valence-corrected chi connectivity index (χ0v) is 19.8. The van der Waals surface area contributed by atoms with Crippen molar-refractivity contribution < 1.29 is 13.2 Å². The van der Waals surface area contributed by atoms with Crippen molar-refractivity contribution in [1.29, 1.82) is 0 Å². The molecule has 3 rings (SSSR count). The summed E-state index contributed by atoms with van der Waals surface area (Å²) in [7, 11) is 0. The minimum Gasteiger partial charge on any atom is -0.236 e. The summed E-state index contributed by atoms with van der Waals surface area (Å²) in [4.78, 5) is 0. The monoisotopic (exact) mass is 444 g/mol. The van der Waals surface area contributed by atoms with E-state index >= 15 is 0 Å². The van der Waals surface area contributed by atoms with Crippen LogP contribution < -0.4 is 0 Å². The van der Waals surface area contributed by atoms with Crippen LogP contribution in [0.25, 0.3) is 11.1 Å². The SMILES string of the molecule is CCCCCCC1CCC(c2ccc(-c3ccc(C(F)C(F)(F)CCC)cc3)cc2)CC1. The minimum atomic E-state index is -3.31. The second kappa shape index (κ2) is 11.9. The lowest BCUT2D eigenvalue weighted by molar-refractivity contribution is -0.0807. The third-order valence-corrected chi connectivity index (χ3v) is 7.19. The highest BCUT2D eigenvalue weighted by Gasteiger charge is 2.39. The molecular formula is C29H39F3. The van der Waals surface area contributed by atoms with E-state index in [0.717, 1.165) is 17.0 Å². The largest absolute Gasteiger partial charge is 0.282 e.